The Kier molecular flexibility index (Phi) is 6.65. The molecule has 9 nitrogen and oxygen atoms in total. The van der Waals surface area contributed by atoms with Gasteiger partial charge in [0, 0.05) is 62.8 Å². The highest BCUT2D eigenvalue weighted by molar-refractivity contribution is 6.10. The van der Waals surface area contributed by atoms with E-state index >= 15 is 0 Å². The minimum atomic E-state index is -4.59. The molecule has 3 aromatic rings. The van der Waals surface area contributed by atoms with Crippen LogP contribution in [0.2, 0.25) is 0 Å². The van der Waals surface area contributed by atoms with E-state index in [0.29, 0.717) is 70.3 Å². The van der Waals surface area contributed by atoms with Crippen LogP contribution in [0.3, 0.4) is 0 Å². The average Bonchev–Trinajstić information content (AvgIpc) is 3.65. The molecule has 3 fully saturated rings. The zero-order valence-corrected chi connectivity index (χ0v) is 23.3. The number of anilines is 1. The number of carbonyl (C=O) groups is 1. The van der Waals surface area contributed by atoms with Crippen LogP contribution in [0.25, 0.3) is 0 Å². The molecule has 1 atom stereocenters. The van der Waals surface area contributed by atoms with Crippen LogP contribution >= 0.6 is 0 Å². The molecular weight excluding hydrogens is 551 g/mol. The van der Waals surface area contributed by atoms with Gasteiger partial charge in [-0.1, -0.05) is 12.1 Å². The minimum absolute atomic E-state index is 0.0186. The van der Waals surface area contributed by atoms with Crippen molar-refractivity contribution in [1.82, 2.24) is 19.7 Å². The van der Waals surface area contributed by atoms with Crippen LogP contribution in [0.4, 0.5) is 18.9 Å². The maximum Gasteiger partial charge on any atom is 0.416 e. The molecule has 1 amide bonds. The fraction of sp³-hybridized carbons (Fsp3) is 0.500. The van der Waals surface area contributed by atoms with Gasteiger partial charge in [0.2, 0.25) is 0 Å². The number of alkyl halides is 3. The van der Waals surface area contributed by atoms with Crippen LogP contribution in [-0.2, 0) is 52.4 Å². The first-order chi connectivity index (χ1) is 20.1. The van der Waals surface area contributed by atoms with Crippen molar-refractivity contribution in [3.63, 3.8) is 0 Å². The van der Waals surface area contributed by atoms with Gasteiger partial charge in [-0.3, -0.25) is 9.69 Å². The Morgan fingerprint density at radius 1 is 1.07 bits per heavy atom. The Bertz CT molecular complexity index is 1510. The number of ether oxygens (including phenoxy) is 3. The molecule has 0 bridgehead atoms. The van der Waals surface area contributed by atoms with Crippen molar-refractivity contribution < 1.29 is 32.2 Å². The topological polar surface area (TPSA) is 82.0 Å². The number of benzene rings is 2. The van der Waals surface area contributed by atoms with Crippen LogP contribution in [0, 0.1) is 0 Å². The molecule has 1 aromatic heterocycles. The molecular formula is C30H32F3N5O4. The van der Waals surface area contributed by atoms with Gasteiger partial charge >= 0.3 is 6.18 Å². The van der Waals surface area contributed by atoms with E-state index in [4.69, 9.17) is 14.2 Å². The second-order valence-electron chi connectivity index (χ2n) is 12.0. The Morgan fingerprint density at radius 2 is 1.93 bits per heavy atom. The number of aryl methyl sites for hydroxylation is 1. The fourth-order valence-corrected chi connectivity index (χ4v) is 6.66. The quantitative estimate of drug-likeness (QED) is 0.440. The summed E-state index contributed by atoms with van der Waals surface area (Å²) in [5.41, 5.74) is 0.598. The van der Waals surface area contributed by atoms with Gasteiger partial charge in [-0.05, 0) is 41.0 Å². The lowest BCUT2D eigenvalue weighted by Gasteiger charge is -2.42. The number of fused-ring (bicyclic) bond motifs is 1. The molecule has 4 aliphatic rings. The predicted molar refractivity (Wildman–Crippen MR) is 145 cm³/mol. The van der Waals surface area contributed by atoms with Gasteiger partial charge in [0.25, 0.3) is 5.91 Å². The molecule has 4 aliphatic heterocycles. The second-order valence-corrected chi connectivity index (χ2v) is 12.0. The smallest absolute Gasteiger partial charge is 0.379 e. The number of amides is 1. The van der Waals surface area contributed by atoms with Gasteiger partial charge in [0.05, 0.1) is 38.5 Å². The van der Waals surface area contributed by atoms with Crippen molar-refractivity contribution in [2.75, 3.05) is 51.0 Å². The fourth-order valence-electron chi connectivity index (χ4n) is 6.66. The number of rotatable bonds is 6. The molecule has 3 saturated heterocycles. The first-order valence-electron chi connectivity index (χ1n) is 14.1. The first kappa shape index (κ1) is 27.5. The van der Waals surface area contributed by atoms with E-state index < -0.39 is 23.2 Å². The van der Waals surface area contributed by atoms with E-state index in [1.54, 1.807) is 18.5 Å². The van der Waals surface area contributed by atoms with Crippen molar-refractivity contribution in [1.29, 1.82) is 0 Å². The first-order valence-corrected chi connectivity index (χ1v) is 14.1. The number of hydrogen-bond acceptors (Lipinski definition) is 7. The summed E-state index contributed by atoms with van der Waals surface area (Å²) in [5, 5.41) is 8.19. The van der Waals surface area contributed by atoms with Crippen LogP contribution in [0.15, 0.2) is 42.7 Å². The SMILES string of the molecule is Cn1cnnc1CC1(c2cccc(N3Cc4c(cc(CN5CCOC6(CCOC6)C5)cc4C(F)(F)F)C3=O)c2)COC1. The van der Waals surface area contributed by atoms with E-state index in [0.717, 1.165) is 17.8 Å². The Balaban J connectivity index is 1.17. The van der Waals surface area contributed by atoms with Crippen LogP contribution < -0.4 is 4.90 Å². The summed E-state index contributed by atoms with van der Waals surface area (Å²) in [4.78, 5) is 17.3. The van der Waals surface area contributed by atoms with Gasteiger partial charge in [-0.15, -0.1) is 10.2 Å². The summed E-state index contributed by atoms with van der Waals surface area (Å²) >= 11 is 0. The van der Waals surface area contributed by atoms with Crippen molar-refractivity contribution in [3.05, 3.63) is 76.4 Å². The third-order valence-corrected chi connectivity index (χ3v) is 9.04. The van der Waals surface area contributed by atoms with Gasteiger partial charge in [-0.2, -0.15) is 13.2 Å². The average molecular weight is 584 g/mol. The second kappa shape index (κ2) is 10.1. The van der Waals surface area contributed by atoms with Gasteiger partial charge in [0.15, 0.2) is 0 Å². The Hall–Kier alpha value is -3.32. The normalized spacial score (nSPS) is 23.9. The number of carbonyl (C=O) groups excluding carboxylic acids is 1. The molecule has 0 aliphatic carbocycles. The molecule has 0 radical (unpaired) electrons. The van der Waals surface area contributed by atoms with Crippen molar-refractivity contribution in [2.24, 2.45) is 7.05 Å². The highest BCUT2D eigenvalue weighted by atomic mass is 19.4. The summed E-state index contributed by atoms with van der Waals surface area (Å²) in [7, 11) is 1.88. The lowest BCUT2D eigenvalue weighted by molar-refractivity contribution is -0.138. The monoisotopic (exact) mass is 583 g/mol. The van der Waals surface area contributed by atoms with E-state index in [1.807, 2.05) is 29.8 Å². The zero-order valence-electron chi connectivity index (χ0n) is 23.3. The van der Waals surface area contributed by atoms with E-state index in [-0.39, 0.29) is 23.1 Å². The minimum Gasteiger partial charge on any atom is -0.379 e. The van der Waals surface area contributed by atoms with Crippen LogP contribution in [-0.4, -0.2) is 77.3 Å². The molecule has 7 rings (SSSR count). The summed E-state index contributed by atoms with van der Waals surface area (Å²) in [6.07, 6.45) is -1.59. The van der Waals surface area contributed by atoms with Crippen LogP contribution in [0.1, 0.15) is 44.9 Å². The maximum atomic E-state index is 14.4. The molecule has 0 N–H and O–H groups in total. The molecule has 222 valence electrons. The zero-order chi connectivity index (χ0) is 29.1. The molecule has 1 unspecified atom stereocenters. The summed E-state index contributed by atoms with van der Waals surface area (Å²) in [6, 6.07) is 10.3. The van der Waals surface area contributed by atoms with Crippen molar-refractivity contribution >= 4 is 11.6 Å². The third kappa shape index (κ3) is 4.80. The largest absolute Gasteiger partial charge is 0.416 e. The standard InChI is InChI=1S/C30H32F3N5O4/c1-36-19-34-35-26(36)12-28(16-41-17-28)21-3-2-4-22(11-21)38-14-24-23(27(38)39)9-20(10-25(24)30(31,32)33)13-37-6-8-42-29(15-37)5-7-40-18-29/h2-4,9-11,19H,5-8,12-18H2,1H3. The Morgan fingerprint density at radius 3 is 2.62 bits per heavy atom. The predicted octanol–water partition coefficient (Wildman–Crippen LogP) is 3.50. The summed E-state index contributed by atoms with van der Waals surface area (Å²) in [5.74, 6) is 0.381. The number of halogens is 3. The number of aromatic nitrogens is 3. The number of morpholine rings is 1. The Labute approximate surface area is 241 Å². The van der Waals surface area contributed by atoms with Crippen LogP contribution in [0.5, 0.6) is 0 Å². The molecule has 12 heteroatoms. The lowest BCUT2D eigenvalue weighted by Crippen LogP contribution is -2.51. The molecule has 0 saturated carbocycles. The molecule has 1 spiro atoms. The lowest BCUT2D eigenvalue weighted by atomic mass is 9.75. The van der Waals surface area contributed by atoms with Gasteiger partial charge < -0.3 is 23.7 Å². The highest BCUT2D eigenvalue weighted by Crippen LogP contribution is 2.42. The van der Waals surface area contributed by atoms with E-state index in [9.17, 15) is 18.0 Å². The van der Waals surface area contributed by atoms with Crippen molar-refractivity contribution in [2.45, 2.75) is 43.1 Å². The summed E-state index contributed by atoms with van der Waals surface area (Å²) in [6.45, 7) is 3.90. The van der Waals surface area contributed by atoms with E-state index in [2.05, 4.69) is 15.1 Å². The summed E-state index contributed by atoms with van der Waals surface area (Å²) < 4.78 is 62.1. The molecule has 2 aromatic carbocycles. The van der Waals surface area contributed by atoms with Gasteiger partial charge in [0.1, 0.15) is 17.8 Å². The number of nitrogens with zero attached hydrogens (tertiary/aromatic N) is 5. The highest BCUT2D eigenvalue weighted by Gasteiger charge is 2.44. The maximum absolute atomic E-state index is 14.4. The molecule has 42 heavy (non-hydrogen) atoms. The molecule has 5 heterocycles. The van der Waals surface area contributed by atoms with Crippen molar-refractivity contribution in [3.8, 4) is 0 Å². The third-order valence-electron chi connectivity index (χ3n) is 9.04. The van der Waals surface area contributed by atoms with Gasteiger partial charge in [-0.25, -0.2) is 0 Å². The number of hydrogen-bond donors (Lipinski definition) is 0. The van der Waals surface area contributed by atoms with E-state index in [1.165, 1.54) is 11.0 Å².